The SMILES string of the molecule is COc1ccccc1COC[C@@H](O)CN1CCN(CC(C)C)CC1. The second kappa shape index (κ2) is 9.99. The summed E-state index contributed by atoms with van der Waals surface area (Å²) in [6.45, 7) is 11.4. The molecule has 1 aliphatic rings. The molecule has 0 aromatic heterocycles. The maximum atomic E-state index is 10.2. The van der Waals surface area contributed by atoms with Crippen LogP contribution in [0.3, 0.4) is 0 Å². The van der Waals surface area contributed by atoms with E-state index < -0.39 is 6.10 Å². The number of hydrogen-bond donors (Lipinski definition) is 1. The Morgan fingerprint density at radius 2 is 1.67 bits per heavy atom. The maximum absolute atomic E-state index is 10.2. The van der Waals surface area contributed by atoms with Crippen molar-refractivity contribution in [3.05, 3.63) is 29.8 Å². The van der Waals surface area contributed by atoms with Crippen LogP contribution in [-0.4, -0.2) is 74.0 Å². The predicted octanol–water partition coefficient (Wildman–Crippen LogP) is 1.85. The highest BCUT2D eigenvalue weighted by atomic mass is 16.5. The van der Waals surface area contributed by atoms with Crippen LogP contribution in [0.4, 0.5) is 0 Å². The summed E-state index contributed by atoms with van der Waals surface area (Å²) in [6, 6.07) is 7.81. The van der Waals surface area contributed by atoms with E-state index in [-0.39, 0.29) is 0 Å². The van der Waals surface area contributed by atoms with Crippen molar-refractivity contribution in [1.29, 1.82) is 0 Å². The van der Waals surface area contributed by atoms with E-state index in [4.69, 9.17) is 9.47 Å². The zero-order valence-corrected chi connectivity index (χ0v) is 15.3. The molecule has 1 aromatic carbocycles. The second-order valence-electron chi connectivity index (χ2n) is 6.98. The maximum Gasteiger partial charge on any atom is 0.124 e. The van der Waals surface area contributed by atoms with E-state index in [1.54, 1.807) is 7.11 Å². The summed E-state index contributed by atoms with van der Waals surface area (Å²) >= 11 is 0. The van der Waals surface area contributed by atoms with Gasteiger partial charge >= 0.3 is 0 Å². The van der Waals surface area contributed by atoms with Gasteiger partial charge in [-0.3, -0.25) is 4.90 Å². The monoisotopic (exact) mass is 336 g/mol. The molecule has 0 unspecified atom stereocenters. The molecule has 2 rings (SSSR count). The standard InChI is InChI=1S/C19H32N2O3/c1-16(2)12-20-8-10-21(11-9-20)13-18(22)15-24-14-17-6-4-5-7-19(17)23-3/h4-7,16,18,22H,8-15H2,1-3H3/t18-/m0/s1. The summed E-state index contributed by atoms with van der Waals surface area (Å²) in [5, 5.41) is 10.2. The predicted molar refractivity (Wildman–Crippen MR) is 96.4 cm³/mol. The number of para-hydroxylation sites is 1. The quantitative estimate of drug-likeness (QED) is 0.746. The van der Waals surface area contributed by atoms with Gasteiger partial charge in [-0.15, -0.1) is 0 Å². The molecule has 0 spiro atoms. The van der Waals surface area contributed by atoms with Gasteiger partial charge in [-0.1, -0.05) is 32.0 Å². The normalized spacial score (nSPS) is 18.0. The minimum Gasteiger partial charge on any atom is -0.496 e. The number of benzene rings is 1. The van der Waals surface area contributed by atoms with Crippen LogP contribution in [0.2, 0.25) is 0 Å². The first-order valence-corrected chi connectivity index (χ1v) is 8.91. The zero-order valence-electron chi connectivity index (χ0n) is 15.3. The Morgan fingerprint density at radius 3 is 2.29 bits per heavy atom. The molecule has 1 aromatic rings. The molecular weight excluding hydrogens is 304 g/mol. The van der Waals surface area contributed by atoms with Gasteiger partial charge < -0.3 is 19.5 Å². The van der Waals surface area contributed by atoms with Gasteiger partial charge in [-0.2, -0.15) is 0 Å². The number of β-amino-alcohol motifs (C(OH)–C–C–N with tert-alkyl or cyclic N) is 1. The fraction of sp³-hybridized carbons (Fsp3) is 0.684. The highest BCUT2D eigenvalue weighted by molar-refractivity contribution is 5.32. The zero-order chi connectivity index (χ0) is 17.4. The molecule has 0 radical (unpaired) electrons. The van der Waals surface area contributed by atoms with E-state index in [0.29, 0.717) is 25.7 Å². The summed E-state index contributed by atoms with van der Waals surface area (Å²) in [6.07, 6.45) is -0.448. The molecule has 5 heteroatoms. The average Bonchev–Trinajstić information content (AvgIpc) is 2.56. The van der Waals surface area contributed by atoms with E-state index >= 15 is 0 Å². The first-order chi connectivity index (χ1) is 11.6. The fourth-order valence-corrected chi connectivity index (χ4v) is 3.15. The topological polar surface area (TPSA) is 45.2 Å². The Labute approximate surface area is 146 Å². The van der Waals surface area contributed by atoms with Crippen molar-refractivity contribution in [3.63, 3.8) is 0 Å². The van der Waals surface area contributed by atoms with Gasteiger partial charge in [0.25, 0.3) is 0 Å². The Balaban J connectivity index is 1.64. The van der Waals surface area contributed by atoms with E-state index in [1.807, 2.05) is 24.3 Å². The van der Waals surface area contributed by atoms with E-state index in [9.17, 15) is 5.11 Å². The molecule has 1 atom stereocenters. The first-order valence-electron chi connectivity index (χ1n) is 8.91. The van der Waals surface area contributed by atoms with Crippen LogP contribution < -0.4 is 4.74 Å². The molecule has 0 aliphatic carbocycles. The summed E-state index contributed by atoms with van der Waals surface area (Å²) < 4.78 is 11.0. The smallest absolute Gasteiger partial charge is 0.124 e. The fourth-order valence-electron chi connectivity index (χ4n) is 3.15. The molecule has 5 nitrogen and oxygen atoms in total. The lowest BCUT2D eigenvalue weighted by Crippen LogP contribution is -2.49. The van der Waals surface area contributed by atoms with Gasteiger partial charge in [-0.05, 0) is 12.0 Å². The van der Waals surface area contributed by atoms with Crippen molar-refractivity contribution in [3.8, 4) is 5.75 Å². The van der Waals surface area contributed by atoms with E-state index in [0.717, 1.165) is 37.5 Å². The molecule has 0 saturated carbocycles. The van der Waals surface area contributed by atoms with Crippen molar-refractivity contribution < 1.29 is 14.6 Å². The molecule has 1 heterocycles. The number of aliphatic hydroxyl groups excluding tert-OH is 1. The lowest BCUT2D eigenvalue weighted by molar-refractivity contribution is 0.000361. The van der Waals surface area contributed by atoms with Crippen LogP contribution >= 0.6 is 0 Å². The Hall–Kier alpha value is -1.14. The van der Waals surface area contributed by atoms with Crippen LogP contribution in [0.5, 0.6) is 5.75 Å². The molecule has 1 fully saturated rings. The summed E-state index contributed by atoms with van der Waals surface area (Å²) in [5.74, 6) is 1.54. The Morgan fingerprint density at radius 1 is 1.04 bits per heavy atom. The summed E-state index contributed by atoms with van der Waals surface area (Å²) in [4.78, 5) is 4.83. The third-order valence-electron chi connectivity index (χ3n) is 4.32. The van der Waals surface area contributed by atoms with Gasteiger partial charge in [0, 0.05) is 44.8 Å². The van der Waals surface area contributed by atoms with E-state index in [2.05, 4.69) is 23.6 Å². The van der Waals surface area contributed by atoms with Crippen LogP contribution in [0.25, 0.3) is 0 Å². The third-order valence-corrected chi connectivity index (χ3v) is 4.32. The number of ether oxygens (including phenoxy) is 2. The Bertz CT molecular complexity index is 473. The Kier molecular flexibility index (Phi) is 7.99. The van der Waals surface area contributed by atoms with Gasteiger partial charge in [0.05, 0.1) is 26.4 Å². The van der Waals surface area contributed by atoms with Gasteiger partial charge in [0.2, 0.25) is 0 Å². The second-order valence-corrected chi connectivity index (χ2v) is 6.98. The number of rotatable bonds is 9. The number of nitrogens with zero attached hydrogens (tertiary/aromatic N) is 2. The van der Waals surface area contributed by atoms with E-state index in [1.165, 1.54) is 6.54 Å². The van der Waals surface area contributed by atoms with Crippen LogP contribution in [0.1, 0.15) is 19.4 Å². The molecule has 0 amide bonds. The number of aliphatic hydroxyl groups is 1. The minimum atomic E-state index is -0.448. The number of hydrogen-bond acceptors (Lipinski definition) is 5. The van der Waals surface area contributed by atoms with Crippen LogP contribution in [0, 0.1) is 5.92 Å². The summed E-state index contributed by atoms with van der Waals surface area (Å²) in [5.41, 5.74) is 1.01. The molecule has 1 aliphatic heterocycles. The third kappa shape index (κ3) is 6.40. The number of piperazine rings is 1. The largest absolute Gasteiger partial charge is 0.496 e. The minimum absolute atomic E-state index is 0.351. The van der Waals surface area contributed by atoms with Gasteiger partial charge in [0.15, 0.2) is 0 Å². The lowest BCUT2D eigenvalue weighted by Gasteiger charge is -2.36. The highest BCUT2D eigenvalue weighted by Gasteiger charge is 2.19. The van der Waals surface area contributed by atoms with Crippen molar-refractivity contribution in [2.75, 3.05) is 53.0 Å². The molecular formula is C19H32N2O3. The summed E-state index contributed by atoms with van der Waals surface area (Å²) in [7, 11) is 1.66. The molecule has 0 bridgehead atoms. The molecule has 1 saturated heterocycles. The van der Waals surface area contributed by atoms with Crippen molar-refractivity contribution in [2.24, 2.45) is 5.92 Å². The molecule has 1 N–H and O–H groups in total. The van der Waals surface area contributed by atoms with Crippen molar-refractivity contribution >= 4 is 0 Å². The first kappa shape index (κ1) is 19.2. The lowest BCUT2D eigenvalue weighted by atomic mass is 10.2. The average molecular weight is 336 g/mol. The van der Waals surface area contributed by atoms with Gasteiger partial charge in [-0.25, -0.2) is 0 Å². The van der Waals surface area contributed by atoms with Crippen molar-refractivity contribution in [2.45, 2.75) is 26.6 Å². The van der Waals surface area contributed by atoms with Crippen molar-refractivity contribution in [1.82, 2.24) is 9.80 Å². The highest BCUT2D eigenvalue weighted by Crippen LogP contribution is 2.18. The van der Waals surface area contributed by atoms with Crippen LogP contribution in [-0.2, 0) is 11.3 Å². The molecule has 24 heavy (non-hydrogen) atoms. The van der Waals surface area contributed by atoms with Gasteiger partial charge in [0.1, 0.15) is 5.75 Å². The molecule has 136 valence electrons. The van der Waals surface area contributed by atoms with Crippen LogP contribution in [0.15, 0.2) is 24.3 Å². The number of methoxy groups -OCH3 is 1.